The number of hydrogen-bond acceptors (Lipinski definition) is 5. The van der Waals surface area contributed by atoms with E-state index in [1.807, 2.05) is 25.1 Å². The third kappa shape index (κ3) is 5.88. The number of benzene rings is 3. The fourth-order valence-corrected chi connectivity index (χ4v) is 4.80. The van der Waals surface area contributed by atoms with Crippen molar-refractivity contribution in [3.05, 3.63) is 106 Å². The zero-order valence-electron chi connectivity index (χ0n) is 21.1. The number of ether oxygens (including phenoxy) is 1. The smallest absolute Gasteiger partial charge is 0.259 e. The van der Waals surface area contributed by atoms with Crippen LogP contribution in [0.15, 0.2) is 79.0 Å². The molecule has 0 saturated carbocycles. The Morgan fingerprint density at radius 1 is 1.11 bits per heavy atom. The lowest BCUT2D eigenvalue weighted by Gasteiger charge is -2.32. The van der Waals surface area contributed by atoms with Gasteiger partial charge in [-0.2, -0.15) is 10.4 Å². The maximum absolute atomic E-state index is 13.0. The fraction of sp³-hybridized carbons (Fsp3) is 0.233. The highest BCUT2D eigenvalue weighted by molar-refractivity contribution is 6.30. The van der Waals surface area contributed by atoms with Crippen LogP contribution in [0.5, 0.6) is 5.75 Å². The Morgan fingerprint density at radius 3 is 2.55 bits per heavy atom. The van der Waals surface area contributed by atoms with E-state index in [1.165, 1.54) is 11.8 Å². The van der Waals surface area contributed by atoms with Gasteiger partial charge in [0.1, 0.15) is 17.9 Å². The molecule has 1 saturated heterocycles. The number of aromatic nitrogens is 2. The van der Waals surface area contributed by atoms with Crippen LogP contribution in [0.1, 0.15) is 40.0 Å². The number of amides is 1. The minimum absolute atomic E-state index is 0.0518. The van der Waals surface area contributed by atoms with Crippen LogP contribution in [-0.4, -0.2) is 39.8 Å². The first kappa shape index (κ1) is 25.5. The molecule has 7 nitrogen and oxygen atoms in total. The summed E-state index contributed by atoms with van der Waals surface area (Å²) in [6, 6.07) is 25.1. The first-order chi connectivity index (χ1) is 18.5. The van der Waals surface area contributed by atoms with E-state index in [4.69, 9.17) is 16.3 Å². The second kappa shape index (κ2) is 11.5. The second-order valence-corrected chi connectivity index (χ2v) is 9.82. The molecule has 1 aliphatic heterocycles. The van der Waals surface area contributed by atoms with E-state index in [1.54, 1.807) is 35.0 Å². The van der Waals surface area contributed by atoms with Crippen molar-refractivity contribution in [2.45, 2.75) is 32.4 Å². The summed E-state index contributed by atoms with van der Waals surface area (Å²) >= 11 is 5.98. The monoisotopic (exact) mass is 525 g/mol. The van der Waals surface area contributed by atoms with Gasteiger partial charge in [-0.1, -0.05) is 41.9 Å². The van der Waals surface area contributed by atoms with Crippen molar-refractivity contribution in [2.24, 2.45) is 0 Å². The van der Waals surface area contributed by atoms with Crippen LogP contribution in [0.2, 0.25) is 5.02 Å². The topological polar surface area (TPSA) is 83.2 Å². The first-order valence-electron chi connectivity index (χ1n) is 12.6. The third-order valence-electron chi connectivity index (χ3n) is 6.76. The number of rotatable bonds is 7. The average molecular weight is 526 g/mol. The number of anilines is 1. The lowest BCUT2D eigenvalue weighted by Crippen LogP contribution is -2.37. The molecule has 0 aliphatic carbocycles. The van der Waals surface area contributed by atoms with Gasteiger partial charge in [0.2, 0.25) is 0 Å². The standard InChI is InChI=1S/C30H28ClN5O2/c1-21-28(19-33-36(21)26-10-7-24(31)8-11-26)30(37)34-25-9-12-29(23(17-25)18-32)38-27-13-15-35(16-14-27)20-22-5-3-2-4-6-22/h2-12,17,19,27H,13-16,20H2,1H3,(H,34,37). The van der Waals surface area contributed by atoms with Crippen LogP contribution >= 0.6 is 11.6 Å². The normalized spacial score (nSPS) is 14.1. The predicted octanol–water partition coefficient (Wildman–Crippen LogP) is 6.00. The molecule has 192 valence electrons. The Kier molecular flexibility index (Phi) is 7.73. The summed E-state index contributed by atoms with van der Waals surface area (Å²) in [6.07, 6.45) is 3.38. The lowest BCUT2D eigenvalue weighted by molar-refractivity contribution is 0.0965. The molecule has 38 heavy (non-hydrogen) atoms. The molecule has 1 N–H and O–H groups in total. The van der Waals surface area contributed by atoms with Gasteiger partial charge in [0.05, 0.1) is 28.7 Å². The Morgan fingerprint density at radius 2 is 1.84 bits per heavy atom. The SMILES string of the molecule is Cc1c(C(=O)Nc2ccc(OC3CCN(Cc4ccccc4)CC3)c(C#N)c2)cnn1-c1ccc(Cl)cc1. The molecule has 0 radical (unpaired) electrons. The second-order valence-electron chi connectivity index (χ2n) is 9.39. The number of nitriles is 1. The van der Waals surface area contributed by atoms with Gasteiger partial charge in [-0.3, -0.25) is 9.69 Å². The predicted molar refractivity (Wildman–Crippen MR) is 148 cm³/mol. The molecule has 2 heterocycles. The van der Waals surface area contributed by atoms with Gasteiger partial charge in [0, 0.05) is 30.3 Å². The van der Waals surface area contributed by atoms with Crippen LogP contribution in [0.25, 0.3) is 5.69 Å². The van der Waals surface area contributed by atoms with Gasteiger partial charge in [0.15, 0.2) is 0 Å². The minimum Gasteiger partial charge on any atom is -0.489 e. The molecule has 5 rings (SSSR count). The zero-order chi connectivity index (χ0) is 26.5. The molecule has 4 aromatic rings. The quantitative estimate of drug-likeness (QED) is 0.320. The van der Waals surface area contributed by atoms with E-state index in [-0.39, 0.29) is 12.0 Å². The molecular formula is C30H28ClN5O2. The van der Waals surface area contributed by atoms with Crippen molar-refractivity contribution in [3.63, 3.8) is 0 Å². The Hall–Kier alpha value is -4.12. The summed E-state index contributed by atoms with van der Waals surface area (Å²) in [5, 5.41) is 17.6. The Balaban J connectivity index is 1.20. The van der Waals surface area contributed by atoms with E-state index < -0.39 is 0 Å². The molecule has 1 aromatic heterocycles. The average Bonchev–Trinajstić information content (AvgIpc) is 3.33. The summed E-state index contributed by atoms with van der Waals surface area (Å²) < 4.78 is 7.90. The molecule has 1 fully saturated rings. The summed E-state index contributed by atoms with van der Waals surface area (Å²) in [4.78, 5) is 15.4. The van der Waals surface area contributed by atoms with E-state index in [0.717, 1.165) is 38.2 Å². The van der Waals surface area contributed by atoms with Crippen LogP contribution < -0.4 is 10.1 Å². The summed E-state index contributed by atoms with van der Waals surface area (Å²) in [5.74, 6) is 0.241. The largest absolute Gasteiger partial charge is 0.489 e. The molecule has 1 aliphatic rings. The van der Waals surface area contributed by atoms with Crippen LogP contribution in [0.4, 0.5) is 5.69 Å². The van der Waals surface area contributed by atoms with Gasteiger partial charge in [0.25, 0.3) is 5.91 Å². The van der Waals surface area contributed by atoms with Crippen molar-refractivity contribution in [1.82, 2.24) is 14.7 Å². The van der Waals surface area contributed by atoms with Crippen molar-refractivity contribution in [1.29, 1.82) is 5.26 Å². The third-order valence-corrected chi connectivity index (χ3v) is 7.01. The van der Waals surface area contributed by atoms with Crippen molar-refractivity contribution >= 4 is 23.2 Å². The summed E-state index contributed by atoms with van der Waals surface area (Å²) in [7, 11) is 0. The van der Waals surface area contributed by atoms with Crippen molar-refractivity contribution in [2.75, 3.05) is 18.4 Å². The molecule has 0 bridgehead atoms. The molecule has 3 aromatic carbocycles. The summed E-state index contributed by atoms with van der Waals surface area (Å²) in [6.45, 7) is 4.65. The molecular weight excluding hydrogens is 498 g/mol. The molecule has 0 atom stereocenters. The Labute approximate surface area is 227 Å². The zero-order valence-corrected chi connectivity index (χ0v) is 21.9. The van der Waals surface area contributed by atoms with E-state index in [9.17, 15) is 10.1 Å². The van der Waals surface area contributed by atoms with E-state index >= 15 is 0 Å². The highest BCUT2D eigenvalue weighted by Crippen LogP contribution is 2.27. The van der Waals surface area contributed by atoms with Gasteiger partial charge in [-0.15, -0.1) is 0 Å². The van der Waals surface area contributed by atoms with E-state index in [2.05, 4.69) is 45.7 Å². The van der Waals surface area contributed by atoms with Crippen LogP contribution in [0, 0.1) is 18.3 Å². The van der Waals surface area contributed by atoms with Crippen molar-refractivity contribution < 1.29 is 9.53 Å². The van der Waals surface area contributed by atoms with Crippen molar-refractivity contribution in [3.8, 4) is 17.5 Å². The molecule has 1 amide bonds. The van der Waals surface area contributed by atoms with E-state index in [0.29, 0.717) is 33.3 Å². The van der Waals surface area contributed by atoms with Crippen LogP contribution in [-0.2, 0) is 6.54 Å². The molecule has 0 unspecified atom stereocenters. The highest BCUT2D eigenvalue weighted by Gasteiger charge is 2.22. The number of piperidine rings is 1. The van der Waals surface area contributed by atoms with Gasteiger partial charge in [-0.25, -0.2) is 4.68 Å². The minimum atomic E-state index is -0.300. The first-order valence-corrected chi connectivity index (χ1v) is 13.0. The lowest BCUT2D eigenvalue weighted by atomic mass is 10.1. The maximum Gasteiger partial charge on any atom is 0.259 e. The number of nitrogens with one attached hydrogen (secondary N) is 1. The molecule has 8 heteroatoms. The Bertz CT molecular complexity index is 1450. The fourth-order valence-electron chi connectivity index (χ4n) is 4.68. The van der Waals surface area contributed by atoms with Crippen LogP contribution in [0.3, 0.4) is 0 Å². The van der Waals surface area contributed by atoms with Gasteiger partial charge in [-0.05, 0) is 67.8 Å². The van der Waals surface area contributed by atoms with Gasteiger partial charge >= 0.3 is 0 Å². The number of hydrogen-bond donors (Lipinski definition) is 1. The number of carbonyl (C=O) groups excluding carboxylic acids is 1. The number of halogens is 1. The highest BCUT2D eigenvalue weighted by atomic mass is 35.5. The molecule has 0 spiro atoms. The number of carbonyl (C=O) groups is 1. The number of nitrogens with zero attached hydrogens (tertiary/aromatic N) is 4. The summed E-state index contributed by atoms with van der Waals surface area (Å²) in [5.41, 5.74) is 4.18. The number of likely N-dealkylation sites (tertiary alicyclic amines) is 1. The van der Waals surface area contributed by atoms with Gasteiger partial charge < -0.3 is 10.1 Å². The maximum atomic E-state index is 13.0.